The van der Waals surface area contributed by atoms with Crippen molar-refractivity contribution in [2.45, 2.75) is 96.7 Å². The van der Waals surface area contributed by atoms with Gasteiger partial charge in [-0.2, -0.15) is 17.2 Å². The number of fused-ring (bicyclic) bond motifs is 1. The quantitative estimate of drug-likeness (QED) is 0.0886. The smallest absolute Gasteiger partial charge is 0.402 e. The molecule has 0 saturated heterocycles. The van der Waals surface area contributed by atoms with E-state index in [-0.39, 0.29) is 40.8 Å². The van der Waals surface area contributed by atoms with Gasteiger partial charge in [-0.15, -0.1) is 0 Å². The lowest BCUT2D eigenvalue weighted by molar-refractivity contribution is -0.184. The van der Waals surface area contributed by atoms with Gasteiger partial charge in [0.25, 0.3) is 0 Å². The van der Waals surface area contributed by atoms with Crippen LogP contribution in [-0.4, -0.2) is 56.4 Å². The molecular formula is C34H48F2O8S. The number of Topliss-reactive ketones (excluding diaryl/α,β-unsaturated/α-hetero) is 1. The van der Waals surface area contributed by atoms with Crippen molar-refractivity contribution < 1.29 is 45.6 Å². The molecule has 4 saturated carbocycles. The minimum absolute atomic E-state index is 0.146. The monoisotopic (exact) mass is 654 g/mol. The van der Waals surface area contributed by atoms with Crippen molar-refractivity contribution in [3.05, 3.63) is 29.3 Å². The number of hydrogen-bond donors (Lipinski definition) is 1. The molecule has 4 bridgehead atoms. The highest BCUT2D eigenvalue weighted by atomic mass is 32.2. The molecule has 4 fully saturated rings. The van der Waals surface area contributed by atoms with Crippen LogP contribution in [0.4, 0.5) is 8.78 Å². The summed E-state index contributed by atoms with van der Waals surface area (Å²) in [4.78, 5) is 27.4. The number of carbonyl (C=O) groups is 2. The van der Waals surface area contributed by atoms with E-state index < -0.39 is 33.4 Å². The Kier molecular flexibility index (Phi) is 10.0. The van der Waals surface area contributed by atoms with Crippen LogP contribution in [0, 0.1) is 40.4 Å². The van der Waals surface area contributed by atoms with E-state index in [1.54, 1.807) is 0 Å². The number of alkyl halides is 2. The molecule has 4 aliphatic carbocycles. The lowest BCUT2D eigenvalue weighted by Crippen LogP contribution is -2.55. The van der Waals surface area contributed by atoms with Crippen molar-refractivity contribution in [1.82, 2.24) is 0 Å². The molecule has 252 valence electrons. The van der Waals surface area contributed by atoms with E-state index in [4.69, 9.17) is 18.8 Å². The van der Waals surface area contributed by atoms with E-state index in [9.17, 15) is 26.8 Å². The summed E-state index contributed by atoms with van der Waals surface area (Å²) >= 11 is 0. The van der Waals surface area contributed by atoms with Crippen molar-refractivity contribution in [2.75, 3.05) is 26.4 Å². The van der Waals surface area contributed by atoms with Gasteiger partial charge in [-0.3, -0.25) is 14.1 Å². The zero-order valence-corrected chi connectivity index (χ0v) is 27.5. The molecule has 3 atom stereocenters. The molecule has 0 spiro atoms. The fraction of sp³-hybridized carbons (Fsp3) is 0.765. The molecule has 1 heterocycles. The molecule has 1 aromatic rings. The van der Waals surface area contributed by atoms with Crippen molar-refractivity contribution in [3.63, 3.8) is 0 Å². The first-order valence-electron chi connectivity index (χ1n) is 16.6. The predicted molar refractivity (Wildman–Crippen MR) is 164 cm³/mol. The van der Waals surface area contributed by atoms with Gasteiger partial charge in [0, 0.05) is 31.1 Å². The summed E-state index contributed by atoms with van der Waals surface area (Å²) in [6, 6.07) is 5.77. The Morgan fingerprint density at radius 3 is 2.49 bits per heavy atom. The summed E-state index contributed by atoms with van der Waals surface area (Å²) in [5.41, 5.74) is 0.542. The SMILES string of the molecule is CCCOCCCCC(C(=O)c1ccc2c(c1)CCO2)C(C)(C)CC1C2CC3CC1CC(C(=O)OCC(F)(F)S(=O)(=O)O)(C3)C2. The van der Waals surface area contributed by atoms with E-state index in [0.717, 1.165) is 69.3 Å². The summed E-state index contributed by atoms with van der Waals surface area (Å²) in [5, 5.41) is -4.55. The Balaban J connectivity index is 1.30. The Morgan fingerprint density at radius 1 is 1.11 bits per heavy atom. The fourth-order valence-electron chi connectivity index (χ4n) is 9.06. The second-order valence-corrected chi connectivity index (χ2v) is 16.3. The van der Waals surface area contributed by atoms with Gasteiger partial charge in [0.15, 0.2) is 12.4 Å². The Labute approximate surface area is 265 Å². The van der Waals surface area contributed by atoms with Gasteiger partial charge in [0.2, 0.25) is 0 Å². The average Bonchev–Trinajstić information content (AvgIpc) is 3.44. The normalized spacial score (nSPS) is 28.0. The maximum Gasteiger partial charge on any atom is 0.402 e. The zero-order valence-electron chi connectivity index (χ0n) is 26.7. The van der Waals surface area contributed by atoms with Gasteiger partial charge in [-0.25, -0.2) is 0 Å². The first-order chi connectivity index (χ1) is 21.2. The van der Waals surface area contributed by atoms with E-state index in [1.807, 2.05) is 18.2 Å². The van der Waals surface area contributed by atoms with E-state index in [2.05, 4.69) is 20.8 Å². The Hall–Kier alpha value is -2.11. The van der Waals surface area contributed by atoms with E-state index in [0.29, 0.717) is 38.0 Å². The number of ether oxygens (including phenoxy) is 3. The number of unbranched alkanes of at least 4 members (excludes halogenated alkanes) is 1. The van der Waals surface area contributed by atoms with Crippen molar-refractivity contribution in [3.8, 4) is 5.75 Å². The molecular weight excluding hydrogens is 606 g/mol. The third-order valence-electron chi connectivity index (χ3n) is 11.0. The van der Waals surface area contributed by atoms with Crippen molar-refractivity contribution in [1.29, 1.82) is 0 Å². The average molecular weight is 655 g/mol. The first kappa shape index (κ1) is 34.2. The molecule has 8 nitrogen and oxygen atoms in total. The third-order valence-corrected chi connectivity index (χ3v) is 11.9. The molecule has 1 aliphatic heterocycles. The number of benzene rings is 1. The third kappa shape index (κ3) is 7.25. The van der Waals surface area contributed by atoms with Crippen LogP contribution < -0.4 is 4.74 Å². The topological polar surface area (TPSA) is 116 Å². The molecule has 6 rings (SSSR count). The number of halogens is 2. The Bertz CT molecular complexity index is 1340. The van der Waals surface area contributed by atoms with Gasteiger partial charge >= 0.3 is 21.3 Å². The molecule has 5 aliphatic rings. The molecule has 11 heteroatoms. The highest BCUT2D eigenvalue weighted by Gasteiger charge is 2.60. The summed E-state index contributed by atoms with van der Waals surface area (Å²) in [6.07, 6.45) is 8.56. The number of hydrogen-bond acceptors (Lipinski definition) is 7. The van der Waals surface area contributed by atoms with Gasteiger partial charge in [-0.05, 0) is 111 Å². The number of ketones is 1. The van der Waals surface area contributed by atoms with Crippen LogP contribution in [0.3, 0.4) is 0 Å². The predicted octanol–water partition coefficient (Wildman–Crippen LogP) is 6.90. The van der Waals surface area contributed by atoms with Crippen LogP contribution in [0.2, 0.25) is 0 Å². The van der Waals surface area contributed by atoms with E-state index >= 15 is 0 Å². The second-order valence-electron chi connectivity index (χ2n) is 14.7. The molecule has 1 aromatic carbocycles. The minimum Gasteiger partial charge on any atom is -0.493 e. The summed E-state index contributed by atoms with van der Waals surface area (Å²) < 4.78 is 74.9. The maximum absolute atomic E-state index is 14.2. The molecule has 3 unspecified atom stereocenters. The van der Waals surface area contributed by atoms with Crippen LogP contribution in [0.15, 0.2) is 18.2 Å². The Morgan fingerprint density at radius 2 is 1.82 bits per heavy atom. The molecule has 45 heavy (non-hydrogen) atoms. The summed E-state index contributed by atoms with van der Waals surface area (Å²) in [5.74, 6) is 0.954. The van der Waals surface area contributed by atoms with E-state index in [1.165, 1.54) is 0 Å². The zero-order chi connectivity index (χ0) is 32.6. The van der Waals surface area contributed by atoms with Gasteiger partial charge in [0.05, 0.1) is 12.0 Å². The molecule has 0 aromatic heterocycles. The highest BCUT2D eigenvalue weighted by molar-refractivity contribution is 7.86. The lowest BCUT2D eigenvalue weighted by atomic mass is 9.44. The molecule has 1 N–H and O–H groups in total. The maximum atomic E-state index is 14.2. The van der Waals surface area contributed by atoms with Crippen molar-refractivity contribution in [2.24, 2.45) is 40.4 Å². The standard InChI is InChI=1S/C34H48F2O8S/c1-4-11-42-12-6-5-7-28(30(37)24-8-9-29-23(16-24)10-13-43-29)32(2,3)20-27-25-14-22-15-26(27)19-33(17-22,18-25)31(38)44-21-34(35,36)45(39,40)41/h8-9,16,22,25-28H,4-7,10-15,17-21H2,1-3H3,(H,39,40,41). The number of carbonyl (C=O) groups excluding carboxylic acids is 2. The number of esters is 1. The largest absolute Gasteiger partial charge is 0.493 e. The highest BCUT2D eigenvalue weighted by Crippen LogP contribution is 2.64. The van der Waals surface area contributed by atoms with Crippen LogP contribution in [0.25, 0.3) is 0 Å². The van der Waals surface area contributed by atoms with Crippen LogP contribution in [-0.2, 0) is 30.8 Å². The number of rotatable bonds is 16. The second kappa shape index (κ2) is 13.2. The minimum atomic E-state index is -5.69. The van der Waals surface area contributed by atoms with Gasteiger partial charge in [0.1, 0.15) is 5.75 Å². The van der Waals surface area contributed by atoms with Crippen molar-refractivity contribution >= 4 is 21.9 Å². The molecule has 0 radical (unpaired) electrons. The van der Waals surface area contributed by atoms with Crippen LogP contribution in [0.1, 0.15) is 101 Å². The van der Waals surface area contributed by atoms with Crippen LogP contribution >= 0.6 is 0 Å². The fourth-order valence-corrected chi connectivity index (χ4v) is 9.26. The van der Waals surface area contributed by atoms with Gasteiger partial charge < -0.3 is 14.2 Å². The van der Waals surface area contributed by atoms with Gasteiger partial charge in [-0.1, -0.05) is 27.2 Å². The summed E-state index contributed by atoms with van der Waals surface area (Å²) in [6.45, 7) is 6.80. The summed E-state index contributed by atoms with van der Waals surface area (Å²) in [7, 11) is -5.69. The molecule has 0 amide bonds. The first-order valence-corrected chi connectivity index (χ1v) is 18.0. The lowest BCUT2D eigenvalue weighted by Gasteiger charge is -2.60. The van der Waals surface area contributed by atoms with Crippen LogP contribution in [0.5, 0.6) is 5.75 Å².